The van der Waals surface area contributed by atoms with E-state index in [0.717, 1.165) is 16.6 Å². The zero-order chi connectivity index (χ0) is 15.5. The molecule has 0 fully saturated rings. The molecule has 0 aliphatic carbocycles. The van der Waals surface area contributed by atoms with Gasteiger partial charge in [-0.05, 0) is 43.4 Å². The van der Waals surface area contributed by atoms with Crippen molar-refractivity contribution >= 4 is 39.8 Å². The number of carbonyl (C=O) groups excluding carboxylic acids is 1. The third-order valence-electron chi connectivity index (χ3n) is 3.31. The van der Waals surface area contributed by atoms with E-state index in [4.69, 9.17) is 12.2 Å². The third-order valence-corrected chi connectivity index (χ3v) is 3.52. The number of hydrogen-bond acceptors (Lipinski definition) is 2. The molecule has 0 saturated carbocycles. The van der Waals surface area contributed by atoms with E-state index < -0.39 is 0 Å². The van der Waals surface area contributed by atoms with Crippen LogP contribution in [0, 0.1) is 6.92 Å². The van der Waals surface area contributed by atoms with Gasteiger partial charge >= 0.3 is 0 Å². The van der Waals surface area contributed by atoms with Crippen molar-refractivity contribution in [2.75, 3.05) is 5.32 Å². The third kappa shape index (κ3) is 3.15. The second-order valence-corrected chi connectivity index (χ2v) is 5.45. The fourth-order valence-electron chi connectivity index (χ4n) is 2.17. The molecule has 3 aromatic rings. The van der Waals surface area contributed by atoms with Gasteiger partial charge in [0.25, 0.3) is 5.91 Å². The summed E-state index contributed by atoms with van der Waals surface area (Å²) in [5.41, 5.74) is 3.41. The Morgan fingerprint density at radius 3 is 2.55 bits per heavy atom. The van der Waals surface area contributed by atoms with Crippen LogP contribution < -0.4 is 10.6 Å². The Kier molecular flexibility index (Phi) is 3.89. The first kappa shape index (κ1) is 14.3. The number of carbonyl (C=O) groups is 1. The van der Waals surface area contributed by atoms with Crippen molar-refractivity contribution in [3.8, 4) is 0 Å². The molecule has 0 bridgehead atoms. The minimum absolute atomic E-state index is 0.263. The molecule has 0 unspecified atom stereocenters. The van der Waals surface area contributed by atoms with Crippen molar-refractivity contribution in [2.45, 2.75) is 6.92 Å². The summed E-state index contributed by atoms with van der Waals surface area (Å²) in [7, 11) is 0. The normalized spacial score (nSPS) is 10.4. The van der Waals surface area contributed by atoms with Crippen molar-refractivity contribution < 1.29 is 4.79 Å². The highest BCUT2D eigenvalue weighted by molar-refractivity contribution is 7.80. The topological polar surface area (TPSA) is 56.9 Å². The molecule has 1 aromatic heterocycles. The van der Waals surface area contributed by atoms with Crippen molar-refractivity contribution in [1.82, 2.24) is 10.3 Å². The van der Waals surface area contributed by atoms with Gasteiger partial charge in [-0.2, -0.15) is 0 Å². The SMILES string of the molecule is Cc1ccc(NC(=S)NC(=O)c2cc3ccccc3[nH]2)cc1. The minimum atomic E-state index is -0.263. The summed E-state index contributed by atoms with van der Waals surface area (Å²) in [5.74, 6) is -0.263. The van der Waals surface area contributed by atoms with Crippen LogP contribution in [0.2, 0.25) is 0 Å². The van der Waals surface area contributed by atoms with Gasteiger partial charge in [0, 0.05) is 16.6 Å². The smallest absolute Gasteiger partial charge is 0.273 e. The molecule has 2 aromatic carbocycles. The molecular formula is C17H15N3OS. The number of benzene rings is 2. The summed E-state index contributed by atoms with van der Waals surface area (Å²) in [4.78, 5) is 15.3. The first-order valence-electron chi connectivity index (χ1n) is 6.88. The molecule has 0 spiro atoms. The molecular weight excluding hydrogens is 294 g/mol. The fourth-order valence-corrected chi connectivity index (χ4v) is 2.38. The van der Waals surface area contributed by atoms with Gasteiger partial charge in [-0.3, -0.25) is 10.1 Å². The van der Waals surface area contributed by atoms with Crippen LogP contribution in [0.3, 0.4) is 0 Å². The van der Waals surface area contributed by atoms with Crippen molar-refractivity contribution in [2.24, 2.45) is 0 Å². The Hall–Kier alpha value is -2.66. The number of nitrogens with one attached hydrogen (secondary N) is 3. The van der Waals surface area contributed by atoms with Crippen molar-refractivity contribution in [3.63, 3.8) is 0 Å². The molecule has 4 nitrogen and oxygen atoms in total. The molecule has 5 heteroatoms. The number of anilines is 1. The lowest BCUT2D eigenvalue weighted by atomic mass is 10.2. The van der Waals surface area contributed by atoms with Crippen LogP contribution >= 0.6 is 12.2 Å². The van der Waals surface area contributed by atoms with Gasteiger partial charge in [-0.15, -0.1) is 0 Å². The number of aromatic nitrogens is 1. The quantitative estimate of drug-likeness (QED) is 0.634. The van der Waals surface area contributed by atoms with E-state index in [1.54, 1.807) is 6.07 Å². The van der Waals surface area contributed by atoms with E-state index in [1.165, 1.54) is 5.56 Å². The molecule has 0 atom stereocenters. The lowest BCUT2D eigenvalue weighted by molar-refractivity contribution is 0.0973. The lowest BCUT2D eigenvalue weighted by Crippen LogP contribution is -2.34. The van der Waals surface area contributed by atoms with E-state index >= 15 is 0 Å². The van der Waals surface area contributed by atoms with Crippen LogP contribution in [0.15, 0.2) is 54.6 Å². The molecule has 110 valence electrons. The van der Waals surface area contributed by atoms with Gasteiger partial charge in [0.05, 0.1) is 0 Å². The van der Waals surface area contributed by atoms with Crippen LogP contribution in [0.25, 0.3) is 10.9 Å². The Bertz CT molecular complexity index is 803. The number of thiocarbonyl (C=S) groups is 1. The van der Waals surface area contributed by atoms with Gasteiger partial charge in [0.15, 0.2) is 5.11 Å². The maximum Gasteiger partial charge on any atom is 0.273 e. The van der Waals surface area contributed by atoms with Crippen LogP contribution in [-0.4, -0.2) is 16.0 Å². The van der Waals surface area contributed by atoms with Gasteiger partial charge in [0.1, 0.15) is 5.69 Å². The largest absolute Gasteiger partial charge is 0.351 e. The molecule has 1 amide bonds. The summed E-state index contributed by atoms with van der Waals surface area (Å²) in [6, 6.07) is 17.3. The first-order valence-corrected chi connectivity index (χ1v) is 7.29. The summed E-state index contributed by atoms with van der Waals surface area (Å²) >= 11 is 5.17. The van der Waals surface area contributed by atoms with E-state index in [1.807, 2.05) is 55.5 Å². The van der Waals surface area contributed by atoms with Crippen LogP contribution in [0.5, 0.6) is 0 Å². The second-order valence-electron chi connectivity index (χ2n) is 5.04. The molecule has 3 rings (SSSR count). The number of rotatable bonds is 2. The van der Waals surface area contributed by atoms with Crippen LogP contribution in [0.4, 0.5) is 5.69 Å². The lowest BCUT2D eigenvalue weighted by Gasteiger charge is -2.09. The van der Waals surface area contributed by atoms with Crippen molar-refractivity contribution in [3.05, 3.63) is 65.9 Å². The fraction of sp³-hybridized carbons (Fsp3) is 0.0588. The number of para-hydroxylation sites is 1. The first-order chi connectivity index (χ1) is 10.6. The molecule has 0 aliphatic heterocycles. The Morgan fingerprint density at radius 2 is 1.82 bits per heavy atom. The van der Waals surface area contributed by atoms with E-state index in [-0.39, 0.29) is 11.0 Å². The Labute approximate surface area is 133 Å². The predicted molar refractivity (Wildman–Crippen MR) is 93.2 cm³/mol. The molecule has 0 saturated heterocycles. The standard InChI is InChI=1S/C17H15N3OS/c1-11-6-8-13(9-7-11)18-17(22)20-16(21)15-10-12-4-2-3-5-14(12)19-15/h2-10,19H,1H3,(H2,18,20,21,22). The zero-order valence-electron chi connectivity index (χ0n) is 12.0. The second kappa shape index (κ2) is 5.99. The molecule has 1 heterocycles. The van der Waals surface area contributed by atoms with E-state index in [9.17, 15) is 4.79 Å². The summed E-state index contributed by atoms with van der Waals surface area (Å²) in [6.07, 6.45) is 0. The maximum atomic E-state index is 12.2. The average molecular weight is 309 g/mol. The Morgan fingerprint density at radius 1 is 1.09 bits per heavy atom. The summed E-state index contributed by atoms with van der Waals surface area (Å²) in [6.45, 7) is 2.01. The summed E-state index contributed by atoms with van der Waals surface area (Å²) < 4.78 is 0. The molecule has 3 N–H and O–H groups in total. The number of H-pyrrole nitrogens is 1. The predicted octanol–water partition coefficient (Wildman–Crippen LogP) is 3.60. The van der Waals surface area contributed by atoms with Gasteiger partial charge in [-0.25, -0.2) is 0 Å². The summed E-state index contributed by atoms with van der Waals surface area (Å²) in [5, 5.41) is 6.92. The zero-order valence-corrected chi connectivity index (χ0v) is 12.8. The van der Waals surface area contributed by atoms with Crippen LogP contribution in [-0.2, 0) is 0 Å². The minimum Gasteiger partial charge on any atom is -0.351 e. The van der Waals surface area contributed by atoms with Gasteiger partial charge in [-0.1, -0.05) is 35.9 Å². The van der Waals surface area contributed by atoms with E-state index in [2.05, 4.69) is 15.6 Å². The van der Waals surface area contributed by atoms with E-state index in [0.29, 0.717) is 5.69 Å². The number of fused-ring (bicyclic) bond motifs is 1. The highest BCUT2D eigenvalue weighted by Crippen LogP contribution is 2.14. The molecule has 0 aliphatic rings. The molecule has 22 heavy (non-hydrogen) atoms. The average Bonchev–Trinajstić information content (AvgIpc) is 2.93. The van der Waals surface area contributed by atoms with Crippen LogP contribution in [0.1, 0.15) is 16.1 Å². The molecule has 0 radical (unpaired) electrons. The highest BCUT2D eigenvalue weighted by atomic mass is 32.1. The van der Waals surface area contributed by atoms with Gasteiger partial charge < -0.3 is 10.3 Å². The number of aryl methyl sites for hydroxylation is 1. The number of amides is 1. The maximum absolute atomic E-state index is 12.2. The Balaban J connectivity index is 1.68. The number of aromatic amines is 1. The van der Waals surface area contributed by atoms with Crippen molar-refractivity contribution in [1.29, 1.82) is 0 Å². The number of hydrogen-bond donors (Lipinski definition) is 3. The highest BCUT2D eigenvalue weighted by Gasteiger charge is 2.10. The monoisotopic (exact) mass is 309 g/mol. The van der Waals surface area contributed by atoms with Gasteiger partial charge in [0.2, 0.25) is 0 Å².